The normalized spacial score (nSPS) is 24.0. The fourth-order valence-electron chi connectivity index (χ4n) is 4.68. The molecule has 0 aromatic carbocycles. The number of aliphatic hydroxyl groups is 1. The van der Waals surface area contributed by atoms with Crippen molar-refractivity contribution in [2.24, 2.45) is 23.7 Å². The standard InChI is InChI=1S/C21H28F12O4/c1-6-10(2)11-7-12(16(35,18(22,23)24)19(25,26)27)9-13(8-11)17(20(28,29)30,21(31,32)33)37-14(34)36-15(3,4)5/h10-13,35H,6-9H2,1-5H3. The van der Waals surface area contributed by atoms with Gasteiger partial charge in [-0.2, -0.15) is 52.7 Å². The van der Waals surface area contributed by atoms with Crippen molar-refractivity contribution in [1.29, 1.82) is 0 Å². The van der Waals surface area contributed by atoms with Gasteiger partial charge in [-0.15, -0.1) is 0 Å². The Morgan fingerprint density at radius 1 is 0.757 bits per heavy atom. The first-order chi connectivity index (χ1) is 16.2. The maximum atomic E-state index is 14.2. The minimum atomic E-state index is -6.54. The Kier molecular flexibility index (Phi) is 9.19. The van der Waals surface area contributed by atoms with Gasteiger partial charge in [0, 0.05) is 11.8 Å². The van der Waals surface area contributed by atoms with Crippen LogP contribution in [0, 0.1) is 23.7 Å². The summed E-state index contributed by atoms with van der Waals surface area (Å²) < 4.78 is 175. The SMILES string of the molecule is CCC(C)C1CC(C(O)(C(F)(F)F)C(F)(F)F)CC(C(OC(=O)OC(C)(C)C)(C(F)(F)F)C(F)(F)F)C1. The second kappa shape index (κ2) is 10.2. The van der Waals surface area contributed by atoms with Crippen molar-refractivity contribution in [1.82, 2.24) is 0 Å². The summed E-state index contributed by atoms with van der Waals surface area (Å²) in [5.41, 5.74) is -12.8. The Morgan fingerprint density at radius 3 is 1.49 bits per heavy atom. The lowest BCUT2D eigenvalue weighted by molar-refractivity contribution is -0.405. The molecule has 0 aromatic rings. The van der Waals surface area contributed by atoms with Crippen LogP contribution in [0.25, 0.3) is 0 Å². The fourth-order valence-corrected chi connectivity index (χ4v) is 4.68. The van der Waals surface area contributed by atoms with E-state index >= 15 is 0 Å². The zero-order valence-electron chi connectivity index (χ0n) is 20.3. The van der Waals surface area contributed by atoms with Gasteiger partial charge in [0.2, 0.25) is 0 Å². The van der Waals surface area contributed by atoms with Crippen LogP contribution in [-0.4, -0.2) is 52.8 Å². The molecule has 4 atom stereocenters. The van der Waals surface area contributed by atoms with E-state index in [9.17, 15) is 62.6 Å². The van der Waals surface area contributed by atoms with E-state index < -0.39 is 90.6 Å². The highest BCUT2D eigenvalue weighted by Gasteiger charge is 2.80. The van der Waals surface area contributed by atoms with E-state index in [0.717, 1.165) is 20.8 Å². The molecule has 1 rings (SSSR count). The number of carbonyl (C=O) groups excluding carboxylic acids is 1. The first-order valence-corrected chi connectivity index (χ1v) is 11.1. The van der Waals surface area contributed by atoms with Gasteiger partial charge in [0.1, 0.15) is 5.60 Å². The van der Waals surface area contributed by atoms with E-state index in [1.165, 1.54) is 13.8 Å². The van der Waals surface area contributed by atoms with Gasteiger partial charge in [-0.05, 0) is 51.9 Å². The van der Waals surface area contributed by atoms with Crippen LogP contribution in [0.5, 0.6) is 0 Å². The third-order valence-electron chi connectivity index (χ3n) is 6.70. The lowest BCUT2D eigenvalue weighted by Crippen LogP contribution is -2.68. The lowest BCUT2D eigenvalue weighted by Gasteiger charge is -2.50. The largest absolute Gasteiger partial charge is 0.510 e. The maximum absolute atomic E-state index is 14.2. The van der Waals surface area contributed by atoms with Crippen molar-refractivity contribution in [3.05, 3.63) is 0 Å². The van der Waals surface area contributed by atoms with Gasteiger partial charge >= 0.3 is 36.5 Å². The van der Waals surface area contributed by atoms with Crippen LogP contribution in [0.1, 0.15) is 60.3 Å². The second-order valence-corrected chi connectivity index (χ2v) is 10.3. The van der Waals surface area contributed by atoms with Gasteiger partial charge in [0.25, 0.3) is 5.60 Å². The molecule has 1 aliphatic carbocycles. The molecule has 0 spiro atoms. The zero-order valence-corrected chi connectivity index (χ0v) is 20.3. The highest BCUT2D eigenvalue weighted by Crippen LogP contribution is 2.60. The Morgan fingerprint density at radius 2 is 1.16 bits per heavy atom. The smallest absolute Gasteiger partial charge is 0.429 e. The first kappa shape index (κ1) is 33.4. The van der Waals surface area contributed by atoms with E-state index in [2.05, 4.69) is 9.47 Å². The van der Waals surface area contributed by atoms with E-state index in [1.807, 2.05) is 0 Å². The summed E-state index contributed by atoms with van der Waals surface area (Å²) in [5, 5.41) is 9.86. The van der Waals surface area contributed by atoms with Crippen molar-refractivity contribution in [3.63, 3.8) is 0 Å². The van der Waals surface area contributed by atoms with Gasteiger partial charge in [0.15, 0.2) is 0 Å². The lowest BCUT2D eigenvalue weighted by atomic mass is 9.61. The average molecular weight is 572 g/mol. The molecule has 0 aliphatic heterocycles. The van der Waals surface area contributed by atoms with Crippen molar-refractivity contribution in [2.45, 2.75) is 102 Å². The predicted molar refractivity (Wildman–Crippen MR) is 103 cm³/mol. The Labute approximate surface area is 204 Å². The zero-order chi connectivity index (χ0) is 29.6. The number of halogens is 12. The molecule has 220 valence electrons. The van der Waals surface area contributed by atoms with Crippen LogP contribution in [0.2, 0.25) is 0 Å². The number of hydrogen-bond donors (Lipinski definition) is 1. The summed E-state index contributed by atoms with van der Waals surface area (Å²) in [4.78, 5) is 12.0. The number of carbonyl (C=O) groups is 1. The van der Waals surface area contributed by atoms with Crippen LogP contribution in [0.15, 0.2) is 0 Å². The Balaban J connectivity index is 3.89. The van der Waals surface area contributed by atoms with E-state index in [1.54, 1.807) is 0 Å². The number of hydrogen-bond acceptors (Lipinski definition) is 4. The third-order valence-corrected chi connectivity index (χ3v) is 6.70. The molecule has 0 amide bonds. The summed E-state index contributed by atoms with van der Waals surface area (Å²) in [6, 6.07) is 0. The molecular weight excluding hydrogens is 544 g/mol. The minimum Gasteiger partial charge on any atom is -0.429 e. The average Bonchev–Trinajstić information content (AvgIpc) is 2.65. The van der Waals surface area contributed by atoms with Gasteiger partial charge in [-0.25, -0.2) is 4.79 Å². The summed E-state index contributed by atoms with van der Waals surface area (Å²) in [7, 11) is 0. The molecular formula is C21H28F12O4. The van der Waals surface area contributed by atoms with Crippen molar-refractivity contribution < 1.29 is 72.1 Å². The first-order valence-electron chi connectivity index (χ1n) is 11.1. The van der Waals surface area contributed by atoms with Crippen LogP contribution in [0.4, 0.5) is 57.5 Å². The molecule has 0 aromatic heterocycles. The number of alkyl halides is 12. The van der Waals surface area contributed by atoms with E-state index in [4.69, 9.17) is 0 Å². The highest BCUT2D eigenvalue weighted by molar-refractivity contribution is 5.61. The summed E-state index contributed by atoms with van der Waals surface area (Å²) >= 11 is 0. The molecule has 0 radical (unpaired) electrons. The molecule has 16 heteroatoms. The second-order valence-electron chi connectivity index (χ2n) is 10.3. The van der Waals surface area contributed by atoms with Crippen molar-refractivity contribution >= 4 is 6.16 Å². The molecule has 1 aliphatic rings. The number of ether oxygens (including phenoxy) is 2. The quantitative estimate of drug-likeness (QED) is 0.271. The van der Waals surface area contributed by atoms with Gasteiger partial charge < -0.3 is 14.6 Å². The topological polar surface area (TPSA) is 55.8 Å². The van der Waals surface area contributed by atoms with Gasteiger partial charge in [0.05, 0.1) is 0 Å². The molecule has 1 N–H and O–H groups in total. The molecule has 0 saturated heterocycles. The van der Waals surface area contributed by atoms with Crippen LogP contribution in [-0.2, 0) is 9.47 Å². The number of rotatable bonds is 5. The van der Waals surface area contributed by atoms with Crippen molar-refractivity contribution in [3.8, 4) is 0 Å². The molecule has 0 heterocycles. The molecule has 1 saturated carbocycles. The highest BCUT2D eigenvalue weighted by atomic mass is 19.4. The van der Waals surface area contributed by atoms with Crippen LogP contribution >= 0.6 is 0 Å². The van der Waals surface area contributed by atoms with Crippen molar-refractivity contribution in [2.75, 3.05) is 0 Å². The third kappa shape index (κ3) is 6.52. The molecule has 4 unspecified atom stereocenters. The van der Waals surface area contributed by atoms with Gasteiger partial charge in [-0.1, -0.05) is 20.3 Å². The van der Waals surface area contributed by atoms with E-state index in [0.29, 0.717) is 0 Å². The van der Waals surface area contributed by atoms with Crippen LogP contribution in [0.3, 0.4) is 0 Å². The van der Waals surface area contributed by atoms with E-state index in [-0.39, 0.29) is 6.42 Å². The Bertz CT molecular complexity index is 764. The summed E-state index contributed by atoms with van der Waals surface area (Å²) in [6.07, 6.45) is -33.0. The van der Waals surface area contributed by atoms with Gasteiger partial charge in [-0.3, -0.25) is 0 Å². The molecule has 1 fully saturated rings. The monoisotopic (exact) mass is 572 g/mol. The fraction of sp³-hybridized carbons (Fsp3) is 0.952. The predicted octanol–water partition coefficient (Wildman–Crippen LogP) is 7.74. The van der Waals surface area contributed by atoms with Crippen LogP contribution < -0.4 is 0 Å². The maximum Gasteiger partial charge on any atom is 0.510 e. The molecule has 4 nitrogen and oxygen atoms in total. The summed E-state index contributed by atoms with van der Waals surface area (Å²) in [5.74, 6) is -8.85. The Hall–Kier alpha value is -1.61. The summed E-state index contributed by atoms with van der Waals surface area (Å²) in [6.45, 7) is 5.81. The minimum absolute atomic E-state index is 0.0292. The molecule has 37 heavy (non-hydrogen) atoms. The molecule has 0 bridgehead atoms.